The van der Waals surface area contributed by atoms with Gasteiger partial charge in [-0.25, -0.2) is 13.2 Å². The second kappa shape index (κ2) is 8.17. The van der Waals surface area contributed by atoms with E-state index in [1.54, 1.807) is 30.3 Å². The Balaban J connectivity index is 1.52. The lowest BCUT2D eigenvalue weighted by atomic mass is 10.0. The zero-order valence-electron chi connectivity index (χ0n) is 16.2. The number of rotatable bonds is 4. The van der Waals surface area contributed by atoms with Crippen molar-refractivity contribution in [2.24, 2.45) is 5.73 Å². The van der Waals surface area contributed by atoms with E-state index in [1.807, 2.05) is 36.4 Å². The molecule has 4 N–H and O–H groups in total. The Labute approximate surface area is 175 Å². The molecule has 1 unspecified atom stereocenters. The van der Waals surface area contributed by atoms with Gasteiger partial charge in [-0.3, -0.25) is 4.31 Å². The van der Waals surface area contributed by atoms with Crippen molar-refractivity contribution >= 4 is 33.1 Å². The SMILES string of the molecule is NC1Cc2ccccc2N(S(=O)(=O)c2ccc(NC(=O)Nc3ccccc3)cc2)C1. The molecular weight excluding hydrogens is 400 g/mol. The van der Waals surface area contributed by atoms with Crippen LogP contribution < -0.4 is 20.7 Å². The predicted octanol–water partition coefficient (Wildman–Crippen LogP) is 3.41. The summed E-state index contributed by atoms with van der Waals surface area (Å²) in [7, 11) is -3.78. The molecule has 0 spiro atoms. The molecule has 0 aliphatic carbocycles. The molecule has 0 fully saturated rings. The predicted molar refractivity (Wildman–Crippen MR) is 118 cm³/mol. The highest BCUT2D eigenvalue weighted by molar-refractivity contribution is 7.92. The van der Waals surface area contributed by atoms with Crippen molar-refractivity contribution in [3.05, 3.63) is 84.4 Å². The van der Waals surface area contributed by atoms with Gasteiger partial charge in [-0.2, -0.15) is 0 Å². The van der Waals surface area contributed by atoms with Crippen LogP contribution in [0.1, 0.15) is 5.56 Å². The minimum Gasteiger partial charge on any atom is -0.326 e. The quantitative estimate of drug-likeness (QED) is 0.599. The van der Waals surface area contributed by atoms with E-state index < -0.39 is 16.1 Å². The Kier molecular flexibility index (Phi) is 5.43. The molecule has 7 nitrogen and oxygen atoms in total. The van der Waals surface area contributed by atoms with Gasteiger partial charge in [0.25, 0.3) is 10.0 Å². The summed E-state index contributed by atoms with van der Waals surface area (Å²) in [6, 6.07) is 21.8. The van der Waals surface area contributed by atoms with Gasteiger partial charge in [0.1, 0.15) is 0 Å². The molecule has 2 amide bonds. The maximum absolute atomic E-state index is 13.2. The van der Waals surface area contributed by atoms with E-state index in [1.165, 1.54) is 16.4 Å². The van der Waals surface area contributed by atoms with Crippen molar-refractivity contribution in [2.75, 3.05) is 21.5 Å². The molecule has 3 aromatic carbocycles. The molecule has 4 rings (SSSR count). The summed E-state index contributed by atoms with van der Waals surface area (Å²) in [5.41, 5.74) is 8.81. The highest BCUT2D eigenvalue weighted by Gasteiger charge is 2.31. The molecule has 1 aliphatic rings. The number of carbonyl (C=O) groups excluding carboxylic acids is 1. The van der Waals surface area contributed by atoms with Gasteiger partial charge in [0.2, 0.25) is 0 Å². The third-order valence-electron chi connectivity index (χ3n) is 4.87. The molecule has 1 aliphatic heterocycles. The van der Waals surface area contributed by atoms with Crippen molar-refractivity contribution < 1.29 is 13.2 Å². The first-order valence-electron chi connectivity index (χ1n) is 9.53. The smallest absolute Gasteiger partial charge is 0.323 e. The second-order valence-electron chi connectivity index (χ2n) is 7.10. The number of anilines is 3. The minimum absolute atomic E-state index is 0.139. The Hall–Kier alpha value is -3.36. The highest BCUT2D eigenvalue weighted by Crippen LogP contribution is 2.31. The molecule has 154 valence electrons. The molecule has 3 aromatic rings. The van der Waals surface area contributed by atoms with Gasteiger partial charge in [0, 0.05) is 24.0 Å². The normalized spacial score (nSPS) is 15.9. The van der Waals surface area contributed by atoms with E-state index in [4.69, 9.17) is 5.73 Å². The third-order valence-corrected chi connectivity index (χ3v) is 6.67. The fourth-order valence-corrected chi connectivity index (χ4v) is 5.02. The maximum atomic E-state index is 13.2. The molecule has 1 atom stereocenters. The van der Waals surface area contributed by atoms with Gasteiger partial charge in [-0.1, -0.05) is 36.4 Å². The molecule has 30 heavy (non-hydrogen) atoms. The Morgan fingerprint density at radius 2 is 1.47 bits per heavy atom. The lowest BCUT2D eigenvalue weighted by Crippen LogP contribution is -2.46. The number of sulfonamides is 1. The van der Waals surface area contributed by atoms with Crippen LogP contribution in [-0.2, 0) is 16.4 Å². The largest absolute Gasteiger partial charge is 0.326 e. The van der Waals surface area contributed by atoms with Crippen molar-refractivity contribution in [3.63, 3.8) is 0 Å². The highest BCUT2D eigenvalue weighted by atomic mass is 32.2. The first-order chi connectivity index (χ1) is 14.4. The molecule has 0 aromatic heterocycles. The zero-order chi connectivity index (χ0) is 21.1. The number of nitrogens with two attached hydrogens (primary N) is 1. The molecule has 0 radical (unpaired) electrons. The average Bonchev–Trinajstić information content (AvgIpc) is 2.74. The Bertz CT molecular complexity index is 1150. The standard InChI is InChI=1S/C22H22N4O3S/c23-17-14-16-6-4-5-9-21(16)26(15-17)30(28,29)20-12-10-19(11-13-20)25-22(27)24-18-7-2-1-3-8-18/h1-13,17H,14-15,23H2,(H2,24,25,27). The van der Waals surface area contributed by atoms with Crippen LogP contribution in [0, 0.1) is 0 Å². The minimum atomic E-state index is -3.78. The molecule has 0 saturated heterocycles. The number of benzene rings is 3. The van der Waals surface area contributed by atoms with Gasteiger partial charge >= 0.3 is 6.03 Å². The lowest BCUT2D eigenvalue weighted by molar-refractivity contribution is 0.262. The number of para-hydroxylation sites is 2. The summed E-state index contributed by atoms with van der Waals surface area (Å²) < 4.78 is 27.8. The number of nitrogens with zero attached hydrogens (tertiary/aromatic N) is 1. The first kappa shape index (κ1) is 19.9. The first-order valence-corrected chi connectivity index (χ1v) is 11.0. The van der Waals surface area contributed by atoms with Gasteiger partial charge < -0.3 is 16.4 Å². The molecule has 0 bridgehead atoms. The molecule has 1 heterocycles. The van der Waals surface area contributed by atoms with Crippen molar-refractivity contribution in [2.45, 2.75) is 17.4 Å². The number of urea groups is 1. The van der Waals surface area contributed by atoms with Crippen LogP contribution in [0.3, 0.4) is 0 Å². The summed E-state index contributed by atoms with van der Waals surface area (Å²) in [4.78, 5) is 12.3. The topological polar surface area (TPSA) is 105 Å². The Morgan fingerprint density at radius 3 is 2.17 bits per heavy atom. The van der Waals surface area contributed by atoms with Gasteiger partial charge in [0.15, 0.2) is 0 Å². The van der Waals surface area contributed by atoms with Gasteiger partial charge in [-0.15, -0.1) is 0 Å². The van der Waals surface area contributed by atoms with E-state index in [0.29, 0.717) is 23.5 Å². The van der Waals surface area contributed by atoms with Crippen molar-refractivity contribution in [3.8, 4) is 0 Å². The number of hydrogen-bond acceptors (Lipinski definition) is 4. The fraction of sp³-hybridized carbons (Fsp3) is 0.136. The van der Waals surface area contributed by atoms with Crippen LogP contribution in [0.15, 0.2) is 83.8 Å². The van der Waals surface area contributed by atoms with E-state index in [9.17, 15) is 13.2 Å². The molecular formula is C22H22N4O3S. The van der Waals surface area contributed by atoms with Crippen LogP contribution in [0.25, 0.3) is 0 Å². The lowest BCUT2D eigenvalue weighted by Gasteiger charge is -2.33. The van der Waals surface area contributed by atoms with Crippen LogP contribution in [0.5, 0.6) is 0 Å². The summed E-state index contributed by atoms with van der Waals surface area (Å²) in [6.07, 6.45) is 0.640. The van der Waals surface area contributed by atoms with E-state index in [-0.39, 0.29) is 17.5 Å². The molecule has 0 saturated carbocycles. The number of amides is 2. The van der Waals surface area contributed by atoms with Crippen LogP contribution in [-0.4, -0.2) is 27.0 Å². The summed E-state index contributed by atoms with van der Waals surface area (Å²) >= 11 is 0. The number of nitrogens with one attached hydrogen (secondary N) is 2. The third kappa shape index (κ3) is 4.14. The number of carbonyl (C=O) groups is 1. The van der Waals surface area contributed by atoms with Gasteiger partial charge in [-0.05, 0) is 54.4 Å². The molecule has 8 heteroatoms. The maximum Gasteiger partial charge on any atom is 0.323 e. The summed E-state index contributed by atoms with van der Waals surface area (Å²) in [6.45, 7) is 0.221. The fourth-order valence-electron chi connectivity index (χ4n) is 3.47. The van der Waals surface area contributed by atoms with Crippen molar-refractivity contribution in [1.29, 1.82) is 0 Å². The number of hydrogen-bond donors (Lipinski definition) is 3. The summed E-state index contributed by atoms with van der Waals surface area (Å²) in [5.74, 6) is 0. The monoisotopic (exact) mass is 422 g/mol. The Morgan fingerprint density at radius 1 is 0.867 bits per heavy atom. The van der Waals surface area contributed by atoms with Crippen LogP contribution in [0.4, 0.5) is 21.9 Å². The number of fused-ring (bicyclic) bond motifs is 1. The average molecular weight is 423 g/mol. The van der Waals surface area contributed by atoms with Crippen LogP contribution >= 0.6 is 0 Å². The zero-order valence-corrected chi connectivity index (χ0v) is 17.0. The van der Waals surface area contributed by atoms with Crippen LogP contribution in [0.2, 0.25) is 0 Å². The van der Waals surface area contributed by atoms with E-state index in [2.05, 4.69) is 10.6 Å². The van der Waals surface area contributed by atoms with Gasteiger partial charge in [0.05, 0.1) is 10.6 Å². The van der Waals surface area contributed by atoms with Crippen molar-refractivity contribution in [1.82, 2.24) is 0 Å². The van der Waals surface area contributed by atoms with E-state index in [0.717, 1.165) is 5.56 Å². The second-order valence-corrected chi connectivity index (χ2v) is 8.96. The summed E-state index contributed by atoms with van der Waals surface area (Å²) in [5, 5.41) is 5.41. The van der Waals surface area contributed by atoms with E-state index >= 15 is 0 Å².